The van der Waals surface area contributed by atoms with Gasteiger partial charge in [-0.1, -0.05) is 123 Å². The quantitative estimate of drug-likeness (QED) is 0.200. The summed E-state index contributed by atoms with van der Waals surface area (Å²) < 4.78 is 0. The highest BCUT2D eigenvalue weighted by Crippen LogP contribution is 2.38. The Morgan fingerprint density at radius 3 is 2.19 bits per heavy atom. The molecule has 0 saturated carbocycles. The summed E-state index contributed by atoms with van der Waals surface area (Å²) in [5, 5.41) is 5.80. The number of benzene rings is 3. The van der Waals surface area contributed by atoms with E-state index in [0.717, 1.165) is 47.5 Å². The van der Waals surface area contributed by atoms with Crippen molar-refractivity contribution in [2.24, 2.45) is 11.1 Å². The molecular weight excluding hydrogens is 524 g/mol. The van der Waals surface area contributed by atoms with Crippen LogP contribution in [0.4, 0.5) is 11.4 Å². The summed E-state index contributed by atoms with van der Waals surface area (Å²) in [5.74, 6) is 0. The molecule has 3 aromatic carbocycles. The van der Waals surface area contributed by atoms with Crippen LogP contribution < -0.4 is 21.5 Å². The van der Waals surface area contributed by atoms with Gasteiger partial charge in [-0.15, -0.1) is 0 Å². The molecule has 1 unspecified atom stereocenters. The molecule has 0 fully saturated rings. The highest BCUT2D eigenvalue weighted by molar-refractivity contribution is 5.73. The topological polar surface area (TPSA) is 53.3 Å². The van der Waals surface area contributed by atoms with Crippen molar-refractivity contribution in [3.63, 3.8) is 0 Å². The van der Waals surface area contributed by atoms with E-state index in [0.29, 0.717) is 6.54 Å². The van der Waals surface area contributed by atoms with Gasteiger partial charge in [-0.25, -0.2) is 5.43 Å². The second-order valence-corrected chi connectivity index (χ2v) is 12.0. The van der Waals surface area contributed by atoms with Crippen LogP contribution in [0.1, 0.15) is 43.0 Å². The van der Waals surface area contributed by atoms with Crippen molar-refractivity contribution < 1.29 is 0 Å². The molecule has 4 heteroatoms. The normalized spacial score (nSPS) is 19.0. The Morgan fingerprint density at radius 1 is 0.930 bits per heavy atom. The predicted molar refractivity (Wildman–Crippen MR) is 183 cm³/mol. The van der Waals surface area contributed by atoms with Crippen molar-refractivity contribution in [3.8, 4) is 0 Å². The van der Waals surface area contributed by atoms with Gasteiger partial charge in [-0.05, 0) is 72.0 Å². The fraction of sp³-hybridized carbons (Fsp3) is 0.231. The van der Waals surface area contributed by atoms with Gasteiger partial charge < -0.3 is 11.1 Å². The molecule has 2 aliphatic heterocycles. The molecule has 2 heterocycles. The number of hydrogen-bond acceptors (Lipinski definition) is 4. The van der Waals surface area contributed by atoms with Crippen LogP contribution in [0.25, 0.3) is 0 Å². The lowest BCUT2D eigenvalue weighted by Crippen LogP contribution is -2.40. The number of rotatable bonds is 7. The van der Waals surface area contributed by atoms with Gasteiger partial charge >= 0.3 is 0 Å². The second kappa shape index (κ2) is 13.2. The van der Waals surface area contributed by atoms with E-state index in [1.807, 2.05) is 24.4 Å². The predicted octanol–water partition coefficient (Wildman–Crippen LogP) is 7.99. The number of fused-ring (bicyclic) bond motifs is 3. The van der Waals surface area contributed by atoms with Crippen molar-refractivity contribution in [3.05, 3.63) is 167 Å². The van der Waals surface area contributed by atoms with Gasteiger partial charge in [0.25, 0.3) is 0 Å². The van der Waals surface area contributed by atoms with Gasteiger partial charge in [0, 0.05) is 23.6 Å². The van der Waals surface area contributed by atoms with E-state index in [4.69, 9.17) is 5.73 Å². The first-order valence-corrected chi connectivity index (χ1v) is 15.1. The third-order valence-electron chi connectivity index (χ3n) is 8.76. The van der Waals surface area contributed by atoms with Crippen LogP contribution in [-0.2, 0) is 19.3 Å². The van der Waals surface area contributed by atoms with Crippen LogP contribution in [0.2, 0.25) is 0 Å². The molecule has 3 aromatic rings. The molecule has 1 atom stereocenters. The largest absolute Gasteiger partial charge is 0.401 e. The van der Waals surface area contributed by atoms with Crippen LogP contribution in [0.3, 0.4) is 0 Å². The molecule has 0 spiro atoms. The van der Waals surface area contributed by atoms with Crippen molar-refractivity contribution in [1.29, 1.82) is 0 Å². The summed E-state index contributed by atoms with van der Waals surface area (Å²) in [7, 11) is 0. The molecule has 2 aliphatic rings. The minimum absolute atomic E-state index is 0.114. The van der Waals surface area contributed by atoms with E-state index in [2.05, 4.69) is 135 Å². The van der Waals surface area contributed by atoms with Crippen molar-refractivity contribution in [2.75, 3.05) is 11.6 Å². The molecule has 0 saturated heterocycles. The van der Waals surface area contributed by atoms with Crippen LogP contribution in [0, 0.1) is 5.41 Å². The zero-order valence-electron chi connectivity index (χ0n) is 25.7. The Kier molecular flexibility index (Phi) is 9.18. The lowest BCUT2D eigenvalue weighted by molar-refractivity contribution is 0.531. The van der Waals surface area contributed by atoms with Crippen LogP contribution >= 0.6 is 0 Å². The molecule has 4 nitrogen and oxygen atoms in total. The zero-order valence-corrected chi connectivity index (χ0v) is 25.7. The van der Waals surface area contributed by atoms with Crippen molar-refractivity contribution >= 4 is 11.4 Å². The van der Waals surface area contributed by atoms with Gasteiger partial charge in [0.1, 0.15) is 0 Å². The molecular formula is C39H44N4. The Hall–Kier alpha value is -4.54. The van der Waals surface area contributed by atoms with Crippen LogP contribution in [0.5, 0.6) is 0 Å². The van der Waals surface area contributed by atoms with E-state index in [9.17, 15) is 0 Å². The maximum atomic E-state index is 6.87. The fourth-order valence-electron chi connectivity index (χ4n) is 6.09. The number of nitrogens with one attached hydrogen (secondary N) is 2. The monoisotopic (exact) mass is 568 g/mol. The minimum Gasteiger partial charge on any atom is -0.401 e. The van der Waals surface area contributed by atoms with E-state index in [1.54, 1.807) is 0 Å². The van der Waals surface area contributed by atoms with Crippen LogP contribution in [0.15, 0.2) is 145 Å². The summed E-state index contributed by atoms with van der Waals surface area (Å²) in [4.78, 5) is 0. The van der Waals surface area contributed by atoms with E-state index in [-0.39, 0.29) is 11.5 Å². The lowest BCUT2D eigenvalue weighted by Gasteiger charge is -2.35. The maximum Gasteiger partial charge on any atom is 0.0613 e. The van der Waals surface area contributed by atoms with Crippen molar-refractivity contribution in [2.45, 2.75) is 46.1 Å². The van der Waals surface area contributed by atoms with Gasteiger partial charge in [0.15, 0.2) is 0 Å². The zero-order chi connectivity index (χ0) is 30.4. The summed E-state index contributed by atoms with van der Waals surface area (Å²) in [6.07, 6.45) is 15.1. The summed E-state index contributed by atoms with van der Waals surface area (Å²) in [6.45, 7) is 15.6. The smallest absolute Gasteiger partial charge is 0.0613 e. The van der Waals surface area contributed by atoms with E-state index >= 15 is 0 Å². The first kappa shape index (κ1) is 29.9. The molecule has 0 aliphatic carbocycles. The molecule has 5 rings (SSSR count). The standard InChI is InChI=1S/C39H44N4/c1-6-35(36(40)27-42-43-37-20-11-9-18-32(37)25-33-19-10-12-21-38(33)43)39(4,5)29(3)24-34-26-31-17-8-7-16-30(31)23-28(2)15-13-14-22-41-34/h6-22,24,34,41-42H,1-2,23,25-27,40H2,3-5H3/b15-13-,22-14-,29-24+,36-35-. The molecule has 220 valence electrons. The minimum atomic E-state index is -0.323. The number of para-hydroxylation sites is 2. The third kappa shape index (κ3) is 6.76. The van der Waals surface area contributed by atoms with E-state index < -0.39 is 0 Å². The Bertz CT molecular complexity index is 1570. The average Bonchev–Trinajstić information content (AvgIpc) is 3.03. The summed E-state index contributed by atoms with van der Waals surface area (Å²) in [6, 6.07) is 25.9. The molecule has 0 aromatic heterocycles. The number of hydrogen-bond donors (Lipinski definition) is 3. The second-order valence-electron chi connectivity index (χ2n) is 12.0. The first-order chi connectivity index (χ1) is 20.8. The Labute approximate surface area is 257 Å². The van der Waals surface area contributed by atoms with Gasteiger partial charge in [0.2, 0.25) is 0 Å². The molecule has 0 bridgehead atoms. The third-order valence-corrected chi connectivity index (χ3v) is 8.76. The number of hydrazine groups is 1. The number of nitrogens with zero attached hydrogens (tertiary/aromatic N) is 1. The summed E-state index contributed by atoms with van der Waals surface area (Å²) in [5.41, 5.74) is 21.9. The fourth-order valence-corrected chi connectivity index (χ4v) is 6.09. The highest BCUT2D eigenvalue weighted by Gasteiger charge is 2.28. The average molecular weight is 569 g/mol. The summed E-state index contributed by atoms with van der Waals surface area (Å²) >= 11 is 0. The number of nitrogens with two attached hydrogens (primary N) is 1. The Balaban J connectivity index is 1.40. The Morgan fingerprint density at radius 2 is 1.53 bits per heavy atom. The molecule has 0 amide bonds. The molecule has 4 N–H and O–H groups in total. The number of anilines is 2. The number of allylic oxidation sites excluding steroid dienone is 7. The molecule has 43 heavy (non-hydrogen) atoms. The lowest BCUT2D eigenvalue weighted by atomic mass is 9.76. The van der Waals surface area contributed by atoms with E-state index in [1.165, 1.54) is 27.8 Å². The first-order valence-electron chi connectivity index (χ1n) is 15.1. The molecule has 0 radical (unpaired) electrons. The highest BCUT2D eigenvalue weighted by atomic mass is 15.5. The van der Waals surface area contributed by atoms with Gasteiger partial charge in [-0.2, -0.15) is 0 Å². The maximum absolute atomic E-state index is 6.87. The van der Waals surface area contributed by atoms with Gasteiger partial charge in [-0.3, -0.25) is 5.01 Å². The van der Waals surface area contributed by atoms with Gasteiger partial charge in [0.05, 0.1) is 17.9 Å². The van der Waals surface area contributed by atoms with Crippen molar-refractivity contribution in [1.82, 2.24) is 10.7 Å². The SMILES string of the molecule is C=C/C(=C(/N)CNN1c2ccccc2Cc2ccccc21)C(C)(C)/C(C)=C/C1Cc2ccccc2CC(=C)/C=C\C=C/N1. The van der Waals surface area contributed by atoms with Crippen LogP contribution in [-0.4, -0.2) is 12.6 Å².